The van der Waals surface area contributed by atoms with Gasteiger partial charge in [0.05, 0.1) is 13.5 Å². The van der Waals surface area contributed by atoms with E-state index >= 15 is 0 Å². The molecule has 0 aliphatic rings. The lowest BCUT2D eigenvalue weighted by molar-refractivity contribution is -0.115. The minimum atomic E-state index is -0.513. The van der Waals surface area contributed by atoms with Gasteiger partial charge in [0.1, 0.15) is 0 Å². The Kier molecular flexibility index (Phi) is 5.89. The average Bonchev–Trinajstić information content (AvgIpc) is 2.55. The Morgan fingerprint density at radius 3 is 2.62 bits per heavy atom. The molecule has 0 aliphatic heterocycles. The summed E-state index contributed by atoms with van der Waals surface area (Å²) in [5.41, 5.74) is 1.51. The lowest BCUT2D eigenvalue weighted by atomic mass is 10.1. The number of nitrogens with one attached hydrogen (secondary N) is 2. The van der Waals surface area contributed by atoms with Crippen molar-refractivity contribution in [2.75, 3.05) is 19.0 Å². The van der Waals surface area contributed by atoms with Crippen molar-refractivity contribution in [1.29, 1.82) is 0 Å². The third-order valence-electron chi connectivity index (χ3n) is 3.33. The summed E-state index contributed by atoms with van der Waals surface area (Å²) >= 11 is 0. The number of methoxy groups -OCH3 is 1. The van der Waals surface area contributed by atoms with E-state index in [0.717, 1.165) is 0 Å². The van der Waals surface area contributed by atoms with Crippen LogP contribution in [0.25, 0.3) is 0 Å². The van der Waals surface area contributed by atoms with Crippen LogP contribution < -0.4 is 15.4 Å². The molecule has 2 N–H and O–H groups in total. The van der Waals surface area contributed by atoms with Gasteiger partial charge in [-0.05, 0) is 42.8 Å². The van der Waals surface area contributed by atoms with Crippen molar-refractivity contribution < 1.29 is 18.7 Å². The van der Waals surface area contributed by atoms with Crippen molar-refractivity contribution >= 4 is 17.5 Å². The summed E-state index contributed by atoms with van der Waals surface area (Å²) in [4.78, 5) is 23.9. The zero-order valence-electron chi connectivity index (χ0n) is 13.6. The maximum atomic E-state index is 13.6. The molecule has 0 saturated heterocycles. The number of halogens is 1. The van der Waals surface area contributed by atoms with Crippen LogP contribution in [0.5, 0.6) is 5.75 Å². The molecule has 5 nitrogen and oxygen atoms in total. The zero-order chi connectivity index (χ0) is 17.5. The first-order chi connectivity index (χ1) is 11.5. The molecule has 0 fully saturated rings. The summed E-state index contributed by atoms with van der Waals surface area (Å²) in [6, 6.07) is 11.0. The van der Waals surface area contributed by atoms with Crippen LogP contribution in [0.4, 0.5) is 10.1 Å². The Bertz CT molecular complexity index is 747. The van der Waals surface area contributed by atoms with Gasteiger partial charge in [0.2, 0.25) is 5.91 Å². The van der Waals surface area contributed by atoms with Crippen molar-refractivity contribution in [3.8, 4) is 5.75 Å². The number of hydrogen-bond donors (Lipinski definition) is 2. The first kappa shape index (κ1) is 17.5. The molecule has 126 valence electrons. The molecule has 2 aromatic carbocycles. The molecule has 6 heteroatoms. The Morgan fingerprint density at radius 1 is 1.17 bits per heavy atom. The second-order valence-corrected chi connectivity index (χ2v) is 5.13. The van der Waals surface area contributed by atoms with Crippen LogP contribution in [-0.4, -0.2) is 25.5 Å². The smallest absolute Gasteiger partial charge is 0.251 e. The van der Waals surface area contributed by atoms with Crippen molar-refractivity contribution in [3.05, 3.63) is 59.4 Å². The van der Waals surface area contributed by atoms with Crippen molar-refractivity contribution in [2.45, 2.75) is 13.3 Å². The molecule has 0 heterocycles. The predicted molar refractivity (Wildman–Crippen MR) is 89.7 cm³/mol. The number of carbonyl (C=O) groups is 2. The van der Waals surface area contributed by atoms with Gasteiger partial charge in [0.15, 0.2) is 11.6 Å². The van der Waals surface area contributed by atoms with Gasteiger partial charge >= 0.3 is 0 Å². The summed E-state index contributed by atoms with van der Waals surface area (Å²) in [6.07, 6.45) is 0.0201. The fourth-order valence-electron chi connectivity index (χ4n) is 2.21. The number of benzene rings is 2. The van der Waals surface area contributed by atoms with E-state index in [1.54, 1.807) is 30.3 Å². The van der Waals surface area contributed by atoms with Crippen LogP contribution in [-0.2, 0) is 11.2 Å². The van der Waals surface area contributed by atoms with Gasteiger partial charge in [0.25, 0.3) is 5.91 Å². The quantitative estimate of drug-likeness (QED) is 0.856. The number of anilines is 1. The van der Waals surface area contributed by atoms with Crippen LogP contribution in [0.2, 0.25) is 0 Å². The second kappa shape index (κ2) is 8.10. The Hall–Kier alpha value is -2.89. The fourth-order valence-corrected chi connectivity index (χ4v) is 2.21. The monoisotopic (exact) mass is 330 g/mol. The minimum absolute atomic E-state index is 0.0201. The van der Waals surface area contributed by atoms with Crippen molar-refractivity contribution in [3.63, 3.8) is 0 Å². The fraction of sp³-hybridized carbons (Fsp3) is 0.222. The SMILES string of the molecule is CCNC(=O)c1cccc(NC(=O)Cc2ccc(OC)c(F)c2)c1. The highest BCUT2D eigenvalue weighted by Gasteiger charge is 2.10. The molecule has 2 aromatic rings. The topological polar surface area (TPSA) is 67.4 Å². The van der Waals surface area contributed by atoms with Crippen LogP contribution in [0.3, 0.4) is 0 Å². The first-order valence-electron chi connectivity index (χ1n) is 7.54. The molecule has 0 aromatic heterocycles. The van der Waals surface area contributed by atoms with E-state index in [1.807, 2.05) is 6.92 Å². The summed E-state index contributed by atoms with van der Waals surface area (Å²) in [7, 11) is 1.38. The highest BCUT2D eigenvalue weighted by atomic mass is 19.1. The standard InChI is InChI=1S/C18H19FN2O3/c1-3-20-18(23)13-5-4-6-14(11-13)21-17(22)10-12-7-8-16(24-2)15(19)9-12/h4-9,11H,3,10H2,1-2H3,(H,20,23)(H,21,22). The highest BCUT2D eigenvalue weighted by Crippen LogP contribution is 2.18. The van der Waals surface area contributed by atoms with Crippen molar-refractivity contribution in [1.82, 2.24) is 5.32 Å². The molecule has 0 unspecified atom stereocenters. The van der Waals surface area contributed by atoms with E-state index < -0.39 is 5.82 Å². The lowest BCUT2D eigenvalue weighted by Crippen LogP contribution is -2.23. The summed E-state index contributed by atoms with van der Waals surface area (Å²) in [6.45, 7) is 2.36. The molecular weight excluding hydrogens is 311 g/mol. The Morgan fingerprint density at radius 2 is 1.96 bits per heavy atom. The molecule has 0 radical (unpaired) electrons. The number of rotatable bonds is 6. The third kappa shape index (κ3) is 4.55. The molecule has 2 amide bonds. The number of amides is 2. The first-order valence-corrected chi connectivity index (χ1v) is 7.54. The number of carbonyl (C=O) groups excluding carboxylic acids is 2. The van der Waals surface area contributed by atoms with Gasteiger partial charge in [0, 0.05) is 17.8 Å². The molecule has 0 bridgehead atoms. The maximum absolute atomic E-state index is 13.6. The van der Waals surface area contributed by atoms with Gasteiger partial charge in [-0.1, -0.05) is 12.1 Å². The van der Waals surface area contributed by atoms with Gasteiger partial charge in [-0.3, -0.25) is 9.59 Å². The summed E-state index contributed by atoms with van der Waals surface area (Å²) in [5.74, 6) is -0.881. The van der Waals surface area contributed by atoms with E-state index in [2.05, 4.69) is 10.6 Å². The van der Waals surface area contributed by atoms with E-state index in [1.165, 1.54) is 19.2 Å². The van der Waals surface area contributed by atoms with Gasteiger partial charge in [-0.25, -0.2) is 4.39 Å². The normalized spacial score (nSPS) is 10.1. The van der Waals surface area contributed by atoms with Gasteiger partial charge in [-0.15, -0.1) is 0 Å². The van der Waals surface area contributed by atoms with E-state index in [9.17, 15) is 14.0 Å². The summed E-state index contributed by atoms with van der Waals surface area (Å²) < 4.78 is 18.5. The van der Waals surface area contributed by atoms with Crippen molar-refractivity contribution in [2.24, 2.45) is 0 Å². The van der Waals surface area contributed by atoms with E-state index in [4.69, 9.17) is 4.74 Å². The molecule has 0 aliphatic carbocycles. The van der Waals surface area contributed by atoms with Crippen LogP contribution in [0.15, 0.2) is 42.5 Å². The van der Waals surface area contributed by atoms with E-state index in [0.29, 0.717) is 23.4 Å². The summed E-state index contributed by atoms with van der Waals surface area (Å²) in [5, 5.41) is 5.40. The number of ether oxygens (including phenoxy) is 1. The minimum Gasteiger partial charge on any atom is -0.494 e. The maximum Gasteiger partial charge on any atom is 0.251 e. The van der Waals surface area contributed by atoms with Gasteiger partial charge in [-0.2, -0.15) is 0 Å². The molecule has 24 heavy (non-hydrogen) atoms. The third-order valence-corrected chi connectivity index (χ3v) is 3.33. The predicted octanol–water partition coefficient (Wildman–Crippen LogP) is 2.77. The second-order valence-electron chi connectivity index (χ2n) is 5.13. The Balaban J connectivity index is 2.03. The number of hydrogen-bond acceptors (Lipinski definition) is 3. The van der Waals surface area contributed by atoms with E-state index in [-0.39, 0.29) is 24.0 Å². The lowest BCUT2D eigenvalue weighted by Gasteiger charge is -2.08. The largest absolute Gasteiger partial charge is 0.494 e. The van der Waals surface area contributed by atoms with Crippen LogP contribution in [0, 0.1) is 5.82 Å². The molecule has 2 rings (SSSR count). The van der Waals surface area contributed by atoms with Gasteiger partial charge < -0.3 is 15.4 Å². The molecule has 0 atom stereocenters. The zero-order valence-corrected chi connectivity index (χ0v) is 13.6. The molecular formula is C18H19FN2O3. The Labute approximate surface area is 139 Å². The molecule has 0 spiro atoms. The van der Waals surface area contributed by atoms with Crippen LogP contribution in [0.1, 0.15) is 22.8 Å². The van der Waals surface area contributed by atoms with Crippen LogP contribution >= 0.6 is 0 Å². The molecule has 0 saturated carbocycles. The highest BCUT2D eigenvalue weighted by molar-refractivity contribution is 5.97. The average molecular weight is 330 g/mol.